The van der Waals surface area contributed by atoms with Gasteiger partial charge >= 0.3 is 6.09 Å². The van der Waals surface area contributed by atoms with E-state index in [4.69, 9.17) is 4.74 Å². The Labute approximate surface area is 223 Å². The van der Waals surface area contributed by atoms with E-state index in [0.717, 1.165) is 38.5 Å². The van der Waals surface area contributed by atoms with Crippen LogP contribution in [0.3, 0.4) is 0 Å². The number of nitrogens with zero attached hydrogens (tertiary/aromatic N) is 1. The smallest absolute Gasteiger partial charge is 0.408 e. The lowest BCUT2D eigenvalue weighted by molar-refractivity contribution is -0.143. The number of benzene rings is 1. The molecule has 1 aromatic carbocycles. The Balaban J connectivity index is 3.46. The molecule has 37 heavy (non-hydrogen) atoms. The van der Waals surface area contributed by atoms with E-state index in [9.17, 15) is 19.5 Å². The number of ether oxygens (including phenoxy) is 1. The van der Waals surface area contributed by atoms with Crippen molar-refractivity contribution in [3.05, 3.63) is 29.8 Å². The highest BCUT2D eigenvalue weighted by Crippen LogP contribution is 2.27. The van der Waals surface area contributed by atoms with Crippen molar-refractivity contribution in [3.8, 4) is 5.75 Å². The van der Waals surface area contributed by atoms with E-state index in [-0.39, 0.29) is 23.5 Å². The number of carbonyl (C=O) groups is 3. The summed E-state index contributed by atoms with van der Waals surface area (Å²) in [6, 6.07) is 4.67. The van der Waals surface area contributed by atoms with E-state index in [1.165, 1.54) is 12.1 Å². The molecule has 3 N–H and O–H groups in total. The van der Waals surface area contributed by atoms with Gasteiger partial charge in [-0.1, -0.05) is 71.9 Å². The number of alkyl carbamates (subject to hydrolysis) is 1. The quantitative estimate of drug-likeness (QED) is 0.258. The largest absolute Gasteiger partial charge is 0.508 e. The molecule has 0 aliphatic rings. The van der Waals surface area contributed by atoms with Crippen molar-refractivity contribution >= 4 is 17.9 Å². The molecule has 3 atom stereocenters. The van der Waals surface area contributed by atoms with Gasteiger partial charge in [0, 0.05) is 13.1 Å². The van der Waals surface area contributed by atoms with Crippen LogP contribution in [0, 0.1) is 5.92 Å². The molecule has 0 aliphatic carbocycles. The molecule has 210 valence electrons. The second-order valence-electron chi connectivity index (χ2n) is 10.7. The summed E-state index contributed by atoms with van der Waals surface area (Å²) in [6.45, 7) is 14.2. The third-order valence-corrected chi connectivity index (χ3v) is 6.26. The molecule has 0 spiro atoms. The maximum absolute atomic E-state index is 14.2. The van der Waals surface area contributed by atoms with E-state index in [1.807, 2.05) is 20.8 Å². The van der Waals surface area contributed by atoms with Crippen LogP contribution >= 0.6 is 0 Å². The summed E-state index contributed by atoms with van der Waals surface area (Å²) in [7, 11) is 0. The highest BCUT2D eigenvalue weighted by Gasteiger charge is 2.38. The SMILES string of the molecule is CCCCCCN(C(=O)C(NC(=O)OC(C)(C)C)C(C)CC)C(C(=O)NCCCC)c1cccc(O)c1. The van der Waals surface area contributed by atoms with Gasteiger partial charge in [0.2, 0.25) is 11.8 Å². The molecule has 0 bridgehead atoms. The zero-order valence-corrected chi connectivity index (χ0v) is 23.9. The lowest BCUT2D eigenvalue weighted by Gasteiger charge is -2.36. The van der Waals surface area contributed by atoms with Crippen molar-refractivity contribution in [2.75, 3.05) is 13.1 Å². The molecule has 0 aliphatic heterocycles. The number of phenolic OH excluding ortho intramolecular Hbond substituents is 1. The molecular weight excluding hydrogens is 470 g/mol. The van der Waals surface area contributed by atoms with Crippen LogP contribution in [0.25, 0.3) is 0 Å². The molecule has 8 nitrogen and oxygen atoms in total. The van der Waals surface area contributed by atoms with Crippen LogP contribution in [0.5, 0.6) is 5.75 Å². The van der Waals surface area contributed by atoms with Gasteiger partial charge in [0.15, 0.2) is 0 Å². The average molecular weight is 520 g/mol. The molecule has 0 fully saturated rings. The first-order valence-corrected chi connectivity index (χ1v) is 13.8. The van der Waals surface area contributed by atoms with E-state index in [2.05, 4.69) is 17.6 Å². The Hall–Kier alpha value is -2.77. The fraction of sp³-hybridized carbons (Fsp3) is 0.690. The van der Waals surface area contributed by atoms with E-state index >= 15 is 0 Å². The van der Waals surface area contributed by atoms with Gasteiger partial charge in [-0.05, 0) is 57.2 Å². The Morgan fingerprint density at radius 2 is 1.70 bits per heavy atom. The highest BCUT2D eigenvalue weighted by molar-refractivity contribution is 5.92. The molecule has 3 unspecified atom stereocenters. The standard InChI is InChI=1S/C29H49N3O5/c1-8-11-13-14-19-32(27(35)24(21(4)10-3)31-28(36)37-29(5,6)7)25(26(34)30-18-12-9-2)22-16-15-17-23(33)20-22/h15-17,20-21,24-25,33H,8-14,18-19H2,1-7H3,(H,30,34)(H,31,36). The summed E-state index contributed by atoms with van der Waals surface area (Å²) < 4.78 is 5.45. The molecule has 0 saturated heterocycles. The van der Waals surface area contributed by atoms with Crippen molar-refractivity contribution in [2.24, 2.45) is 5.92 Å². The van der Waals surface area contributed by atoms with Gasteiger partial charge in [-0.15, -0.1) is 0 Å². The highest BCUT2D eigenvalue weighted by atomic mass is 16.6. The third-order valence-electron chi connectivity index (χ3n) is 6.26. The third kappa shape index (κ3) is 11.4. The summed E-state index contributed by atoms with van der Waals surface area (Å²) in [4.78, 5) is 42.0. The molecule has 1 aromatic rings. The monoisotopic (exact) mass is 519 g/mol. The van der Waals surface area contributed by atoms with Crippen LogP contribution in [0.4, 0.5) is 4.79 Å². The lowest BCUT2D eigenvalue weighted by Crippen LogP contribution is -2.55. The number of nitrogens with one attached hydrogen (secondary N) is 2. The molecule has 3 amide bonds. The topological polar surface area (TPSA) is 108 Å². The Morgan fingerprint density at radius 3 is 2.27 bits per heavy atom. The number of rotatable bonds is 15. The summed E-state index contributed by atoms with van der Waals surface area (Å²) in [5.41, 5.74) is -0.186. The fourth-order valence-corrected chi connectivity index (χ4v) is 4.02. The molecule has 8 heteroatoms. The zero-order valence-electron chi connectivity index (χ0n) is 23.9. The Kier molecular flexibility index (Phi) is 14.1. The lowest BCUT2D eigenvalue weighted by atomic mass is 9.95. The van der Waals surface area contributed by atoms with E-state index < -0.39 is 23.8 Å². The van der Waals surface area contributed by atoms with Gasteiger partial charge < -0.3 is 25.4 Å². The van der Waals surface area contributed by atoms with Crippen LogP contribution in [0.2, 0.25) is 0 Å². The molecular formula is C29H49N3O5. The predicted molar refractivity (Wildman–Crippen MR) is 147 cm³/mol. The van der Waals surface area contributed by atoms with Crippen molar-refractivity contribution in [1.29, 1.82) is 0 Å². The van der Waals surface area contributed by atoms with E-state index in [0.29, 0.717) is 25.1 Å². The van der Waals surface area contributed by atoms with Crippen LogP contribution < -0.4 is 10.6 Å². The Bertz CT molecular complexity index is 852. The minimum Gasteiger partial charge on any atom is -0.508 e. The van der Waals surface area contributed by atoms with Gasteiger partial charge in [-0.25, -0.2) is 4.79 Å². The number of aromatic hydroxyl groups is 1. The van der Waals surface area contributed by atoms with Gasteiger partial charge in [-0.3, -0.25) is 9.59 Å². The molecule has 0 heterocycles. The maximum Gasteiger partial charge on any atom is 0.408 e. The molecule has 0 saturated carbocycles. The maximum atomic E-state index is 14.2. The van der Waals surface area contributed by atoms with Crippen LogP contribution in [0.15, 0.2) is 24.3 Å². The second kappa shape index (κ2) is 16.2. The van der Waals surface area contributed by atoms with Gasteiger partial charge in [0.25, 0.3) is 0 Å². The van der Waals surface area contributed by atoms with Crippen LogP contribution in [-0.2, 0) is 14.3 Å². The summed E-state index contributed by atoms with van der Waals surface area (Å²) >= 11 is 0. The average Bonchev–Trinajstić information content (AvgIpc) is 2.82. The summed E-state index contributed by atoms with van der Waals surface area (Å²) in [5, 5.41) is 15.9. The number of carbonyl (C=O) groups excluding carboxylic acids is 3. The number of amides is 3. The first-order chi connectivity index (χ1) is 17.4. The van der Waals surface area contributed by atoms with Crippen LogP contribution in [0.1, 0.15) is 105 Å². The van der Waals surface area contributed by atoms with Crippen LogP contribution in [-0.4, -0.2) is 52.6 Å². The van der Waals surface area contributed by atoms with Gasteiger partial charge in [-0.2, -0.15) is 0 Å². The van der Waals surface area contributed by atoms with Crippen molar-refractivity contribution in [2.45, 2.75) is 111 Å². The summed E-state index contributed by atoms with van der Waals surface area (Å²) in [6.07, 6.45) is 5.41. The van der Waals surface area contributed by atoms with Crippen molar-refractivity contribution < 1.29 is 24.2 Å². The van der Waals surface area contributed by atoms with Gasteiger partial charge in [0.1, 0.15) is 23.4 Å². The number of phenols is 1. The van der Waals surface area contributed by atoms with E-state index in [1.54, 1.807) is 37.8 Å². The normalized spacial score (nSPS) is 13.8. The van der Waals surface area contributed by atoms with Crippen molar-refractivity contribution in [3.63, 3.8) is 0 Å². The molecule has 0 radical (unpaired) electrons. The first kappa shape index (κ1) is 32.3. The first-order valence-electron chi connectivity index (χ1n) is 13.8. The number of hydrogen-bond acceptors (Lipinski definition) is 5. The minimum atomic E-state index is -0.940. The zero-order chi connectivity index (χ0) is 28.0. The van der Waals surface area contributed by atoms with Gasteiger partial charge in [0.05, 0.1) is 0 Å². The predicted octanol–water partition coefficient (Wildman–Crippen LogP) is 5.70. The minimum absolute atomic E-state index is 0.0209. The summed E-state index contributed by atoms with van der Waals surface area (Å²) in [5.74, 6) is -0.808. The second-order valence-corrected chi connectivity index (χ2v) is 10.7. The van der Waals surface area contributed by atoms with Crippen molar-refractivity contribution in [1.82, 2.24) is 15.5 Å². The molecule has 1 rings (SSSR count). The number of hydrogen-bond donors (Lipinski definition) is 3. The Morgan fingerprint density at radius 1 is 1.03 bits per heavy atom. The molecule has 0 aromatic heterocycles. The fourth-order valence-electron chi connectivity index (χ4n) is 4.02. The number of unbranched alkanes of at least 4 members (excludes halogenated alkanes) is 4.